The number of carbonyl (C=O) groups is 1. The quantitative estimate of drug-likeness (QED) is 0.735. The number of aromatic nitrogens is 1. The van der Waals surface area contributed by atoms with Crippen LogP contribution >= 0.6 is 0 Å². The molecule has 0 aliphatic rings. The second-order valence-corrected chi connectivity index (χ2v) is 6.09. The number of hydrogen-bond donors (Lipinski definition) is 1. The van der Waals surface area contributed by atoms with E-state index < -0.39 is 5.97 Å². The predicted molar refractivity (Wildman–Crippen MR) is 96.6 cm³/mol. The van der Waals surface area contributed by atoms with E-state index in [4.69, 9.17) is 5.11 Å². The van der Waals surface area contributed by atoms with Gasteiger partial charge >= 0.3 is 5.97 Å². The number of rotatable bonds is 5. The highest BCUT2D eigenvalue weighted by Crippen LogP contribution is 2.29. The first kappa shape index (κ1) is 16.1. The van der Waals surface area contributed by atoms with E-state index in [1.807, 2.05) is 18.2 Å². The van der Waals surface area contributed by atoms with Crippen molar-refractivity contribution in [2.45, 2.75) is 26.7 Å². The number of hydrogen-bond acceptors (Lipinski definition) is 1. The second-order valence-electron chi connectivity index (χ2n) is 6.09. The fraction of sp³-hybridized carbons (Fsp3) is 0.190. The third-order valence-electron chi connectivity index (χ3n) is 4.26. The van der Waals surface area contributed by atoms with Crippen molar-refractivity contribution in [3.63, 3.8) is 0 Å². The Morgan fingerprint density at radius 3 is 2.33 bits per heavy atom. The minimum Gasteiger partial charge on any atom is -0.481 e. The highest BCUT2D eigenvalue weighted by molar-refractivity contribution is 5.68. The molecule has 3 rings (SSSR count). The molecule has 0 unspecified atom stereocenters. The molecule has 0 aliphatic heterocycles. The molecule has 3 nitrogen and oxygen atoms in total. The Balaban J connectivity index is 2.14. The van der Waals surface area contributed by atoms with Gasteiger partial charge < -0.3 is 9.67 Å². The Morgan fingerprint density at radius 2 is 1.67 bits per heavy atom. The summed E-state index contributed by atoms with van der Waals surface area (Å²) >= 11 is 0. The Hall–Kier alpha value is -2.81. The molecule has 0 bridgehead atoms. The van der Waals surface area contributed by atoms with Crippen molar-refractivity contribution in [1.82, 2.24) is 4.57 Å². The largest absolute Gasteiger partial charge is 0.481 e. The fourth-order valence-electron chi connectivity index (χ4n) is 2.96. The number of carboxylic acid groups (broad SMARTS) is 1. The molecule has 1 N–H and O–H groups in total. The van der Waals surface area contributed by atoms with Crippen molar-refractivity contribution < 1.29 is 9.90 Å². The Labute approximate surface area is 142 Å². The fourth-order valence-corrected chi connectivity index (χ4v) is 2.96. The molecule has 0 radical (unpaired) electrons. The normalized spacial score (nSPS) is 10.8. The van der Waals surface area contributed by atoms with Crippen LogP contribution in [0.5, 0.6) is 0 Å². The third-order valence-corrected chi connectivity index (χ3v) is 4.26. The molecule has 0 amide bonds. The van der Waals surface area contributed by atoms with Gasteiger partial charge in [-0.25, -0.2) is 0 Å². The van der Waals surface area contributed by atoms with Crippen molar-refractivity contribution in [2.75, 3.05) is 0 Å². The molecule has 3 heteroatoms. The second kappa shape index (κ2) is 6.75. The lowest BCUT2D eigenvalue weighted by Crippen LogP contribution is -2.06. The summed E-state index contributed by atoms with van der Waals surface area (Å²) in [5.74, 6) is -0.774. The van der Waals surface area contributed by atoms with E-state index in [2.05, 4.69) is 60.9 Å². The van der Waals surface area contributed by atoms with Gasteiger partial charge in [0.25, 0.3) is 0 Å². The van der Waals surface area contributed by atoms with E-state index >= 15 is 0 Å². The van der Waals surface area contributed by atoms with Crippen LogP contribution in [0, 0.1) is 13.8 Å². The molecule has 3 aromatic rings. The van der Waals surface area contributed by atoms with Gasteiger partial charge in [-0.15, -0.1) is 0 Å². The maximum Gasteiger partial charge on any atom is 0.303 e. The van der Waals surface area contributed by atoms with Gasteiger partial charge in [0.1, 0.15) is 0 Å². The minimum atomic E-state index is -0.774. The van der Waals surface area contributed by atoms with Crippen LogP contribution in [0.15, 0.2) is 60.7 Å². The van der Waals surface area contributed by atoms with Crippen LogP contribution in [0.4, 0.5) is 0 Å². The maximum atomic E-state index is 11.0. The molecule has 0 atom stereocenters. The first-order valence-corrected chi connectivity index (χ1v) is 8.12. The van der Waals surface area contributed by atoms with Crippen LogP contribution in [-0.2, 0) is 11.2 Å². The number of aryl methyl sites for hydroxylation is 3. The third kappa shape index (κ3) is 3.25. The van der Waals surface area contributed by atoms with E-state index in [0.717, 1.165) is 22.6 Å². The first-order valence-electron chi connectivity index (χ1n) is 8.12. The summed E-state index contributed by atoms with van der Waals surface area (Å²) in [5.41, 5.74) is 6.72. The van der Waals surface area contributed by atoms with Gasteiger partial charge in [-0.05, 0) is 49.6 Å². The summed E-state index contributed by atoms with van der Waals surface area (Å²) in [6.07, 6.45) is 0.638. The smallest absolute Gasteiger partial charge is 0.303 e. The van der Waals surface area contributed by atoms with Gasteiger partial charge in [-0.1, -0.05) is 48.0 Å². The lowest BCUT2D eigenvalue weighted by molar-refractivity contribution is -0.136. The van der Waals surface area contributed by atoms with Crippen LogP contribution in [0.2, 0.25) is 0 Å². The summed E-state index contributed by atoms with van der Waals surface area (Å²) in [7, 11) is 0. The predicted octanol–water partition coefficient (Wildman–Crippen LogP) is 4.78. The van der Waals surface area contributed by atoms with Crippen LogP contribution in [0.1, 0.15) is 23.2 Å². The Kier molecular flexibility index (Phi) is 4.52. The monoisotopic (exact) mass is 319 g/mol. The van der Waals surface area contributed by atoms with Gasteiger partial charge in [0, 0.05) is 11.4 Å². The summed E-state index contributed by atoms with van der Waals surface area (Å²) in [6.45, 7) is 4.15. The lowest BCUT2D eigenvalue weighted by Gasteiger charge is -2.16. The minimum absolute atomic E-state index is 0.128. The van der Waals surface area contributed by atoms with Crippen molar-refractivity contribution in [2.24, 2.45) is 0 Å². The van der Waals surface area contributed by atoms with Crippen LogP contribution < -0.4 is 0 Å². The number of para-hydroxylation sites is 1. The molecule has 0 saturated heterocycles. The molecule has 2 aromatic carbocycles. The molecular formula is C21H21NO2. The average Bonchev–Trinajstić information content (AvgIpc) is 2.98. The SMILES string of the molecule is Cc1ccc(-c2ccc(CCC(=O)O)n2-c2ccccc2C)cc1. The van der Waals surface area contributed by atoms with Gasteiger partial charge in [-0.2, -0.15) is 0 Å². The molecule has 1 aromatic heterocycles. The zero-order valence-corrected chi connectivity index (χ0v) is 14.0. The summed E-state index contributed by atoms with van der Waals surface area (Å²) < 4.78 is 2.18. The van der Waals surface area contributed by atoms with Gasteiger partial charge in [-0.3, -0.25) is 4.79 Å². The topological polar surface area (TPSA) is 42.2 Å². The molecule has 0 aliphatic carbocycles. The lowest BCUT2D eigenvalue weighted by atomic mass is 10.1. The van der Waals surface area contributed by atoms with E-state index in [-0.39, 0.29) is 6.42 Å². The van der Waals surface area contributed by atoms with E-state index in [1.54, 1.807) is 0 Å². The van der Waals surface area contributed by atoms with E-state index in [9.17, 15) is 4.79 Å². The van der Waals surface area contributed by atoms with Crippen LogP contribution in [-0.4, -0.2) is 15.6 Å². The molecular weight excluding hydrogens is 298 g/mol. The number of carboxylic acids is 1. The molecule has 0 fully saturated rings. The Morgan fingerprint density at radius 1 is 0.958 bits per heavy atom. The van der Waals surface area contributed by atoms with Gasteiger partial charge in [0.05, 0.1) is 12.1 Å². The highest BCUT2D eigenvalue weighted by Gasteiger charge is 2.14. The first-order chi connectivity index (χ1) is 11.6. The average molecular weight is 319 g/mol. The van der Waals surface area contributed by atoms with Gasteiger partial charge in [0.2, 0.25) is 0 Å². The van der Waals surface area contributed by atoms with E-state index in [0.29, 0.717) is 6.42 Å². The number of nitrogens with zero attached hydrogens (tertiary/aromatic N) is 1. The van der Waals surface area contributed by atoms with Crippen molar-refractivity contribution in [1.29, 1.82) is 0 Å². The zero-order valence-electron chi connectivity index (χ0n) is 14.0. The van der Waals surface area contributed by atoms with Crippen molar-refractivity contribution >= 4 is 5.97 Å². The van der Waals surface area contributed by atoms with Crippen molar-refractivity contribution in [3.8, 4) is 16.9 Å². The van der Waals surface area contributed by atoms with Gasteiger partial charge in [0.15, 0.2) is 0 Å². The standard InChI is InChI=1S/C21H21NO2/c1-15-7-9-17(10-8-15)20-13-11-18(12-14-21(23)24)22(20)19-6-4-3-5-16(19)2/h3-11,13H,12,14H2,1-2H3,(H,23,24). The summed E-state index contributed by atoms with van der Waals surface area (Å²) in [5, 5.41) is 9.04. The molecule has 122 valence electrons. The van der Waals surface area contributed by atoms with Crippen molar-refractivity contribution in [3.05, 3.63) is 77.5 Å². The van der Waals surface area contributed by atoms with Crippen LogP contribution in [0.3, 0.4) is 0 Å². The molecule has 1 heterocycles. The highest BCUT2D eigenvalue weighted by atomic mass is 16.4. The Bertz CT molecular complexity index is 860. The number of benzene rings is 2. The summed E-state index contributed by atoms with van der Waals surface area (Å²) in [6, 6.07) is 20.7. The maximum absolute atomic E-state index is 11.0. The zero-order chi connectivity index (χ0) is 17.1. The molecule has 0 spiro atoms. The molecule has 0 saturated carbocycles. The van der Waals surface area contributed by atoms with Crippen LogP contribution in [0.25, 0.3) is 16.9 Å². The van der Waals surface area contributed by atoms with E-state index in [1.165, 1.54) is 11.1 Å². The summed E-state index contributed by atoms with van der Waals surface area (Å²) in [4.78, 5) is 11.0. The number of aliphatic carboxylic acids is 1. The molecule has 24 heavy (non-hydrogen) atoms.